The molecule has 1 amide bonds. The first kappa shape index (κ1) is 12.3. The first-order valence-electron chi connectivity index (χ1n) is 4.93. The predicted molar refractivity (Wildman–Crippen MR) is 61.4 cm³/mol. The lowest BCUT2D eigenvalue weighted by Crippen LogP contribution is -2.35. The monoisotopic (exact) mass is 224 g/mol. The van der Waals surface area contributed by atoms with Crippen molar-refractivity contribution in [2.45, 2.75) is 13.0 Å². The molecule has 1 aromatic rings. The zero-order valence-electron chi connectivity index (χ0n) is 9.36. The number of nitrogen functional groups attached to an aromatic ring is 1. The lowest BCUT2D eigenvalue weighted by atomic mass is 10.1. The standard InChI is InChI=1S/C11H16N2O3/c1-7(6-14)13-11(15)9-5-8(16-2)3-4-10(9)12/h3-5,7,14H,6,12H2,1-2H3,(H,13,15). The van der Waals surface area contributed by atoms with Crippen LogP contribution in [0.4, 0.5) is 5.69 Å². The van der Waals surface area contributed by atoms with Gasteiger partial charge in [-0.2, -0.15) is 0 Å². The Morgan fingerprint density at radius 3 is 2.88 bits per heavy atom. The van der Waals surface area contributed by atoms with Crippen molar-refractivity contribution < 1.29 is 14.6 Å². The maximum absolute atomic E-state index is 11.7. The van der Waals surface area contributed by atoms with E-state index in [1.807, 2.05) is 0 Å². The molecule has 1 aromatic carbocycles. The van der Waals surface area contributed by atoms with Crippen LogP contribution >= 0.6 is 0 Å². The second kappa shape index (κ2) is 5.37. The minimum atomic E-state index is -0.321. The van der Waals surface area contributed by atoms with E-state index in [1.54, 1.807) is 25.1 Å². The SMILES string of the molecule is COc1ccc(N)c(C(=O)NC(C)CO)c1. The van der Waals surface area contributed by atoms with Gasteiger partial charge in [0.25, 0.3) is 5.91 Å². The van der Waals surface area contributed by atoms with Crippen molar-refractivity contribution in [3.05, 3.63) is 23.8 Å². The number of nitrogens with two attached hydrogens (primary N) is 1. The molecule has 0 aliphatic heterocycles. The van der Waals surface area contributed by atoms with Gasteiger partial charge in [-0.15, -0.1) is 0 Å². The molecule has 5 nitrogen and oxygen atoms in total. The van der Waals surface area contributed by atoms with Gasteiger partial charge in [0.15, 0.2) is 0 Å². The third kappa shape index (κ3) is 2.87. The van der Waals surface area contributed by atoms with E-state index < -0.39 is 0 Å². The molecule has 88 valence electrons. The molecule has 5 heteroatoms. The van der Waals surface area contributed by atoms with E-state index in [2.05, 4.69) is 5.32 Å². The van der Waals surface area contributed by atoms with Gasteiger partial charge < -0.3 is 20.9 Å². The first-order chi connectivity index (χ1) is 7.58. The molecule has 16 heavy (non-hydrogen) atoms. The Kier molecular flexibility index (Phi) is 4.13. The normalized spacial score (nSPS) is 11.9. The van der Waals surface area contributed by atoms with Crippen molar-refractivity contribution in [1.82, 2.24) is 5.32 Å². The summed E-state index contributed by atoms with van der Waals surface area (Å²) in [7, 11) is 1.52. The summed E-state index contributed by atoms with van der Waals surface area (Å²) < 4.78 is 5.01. The highest BCUT2D eigenvalue weighted by Crippen LogP contribution is 2.19. The van der Waals surface area contributed by atoms with Crippen molar-refractivity contribution in [3.63, 3.8) is 0 Å². The first-order valence-corrected chi connectivity index (χ1v) is 4.93. The van der Waals surface area contributed by atoms with Crippen LogP contribution in [0, 0.1) is 0 Å². The Labute approximate surface area is 94.2 Å². The fraction of sp³-hybridized carbons (Fsp3) is 0.364. The molecule has 1 rings (SSSR count). The van der Waals surface area contributed by atoms with E-state index >= 15 is 0 Å². The molecule has 0 bridgehead atoms. The number of methoxy groups -OCH3 is 1. The quantitative estimate of drug-likeness (QED) is 0.646. The molecule has 0 fully saturated rings. The van der Waals surface area contributed by atoms with Crippen LogP contribution in [0.3, 0.4) is 0 Å². The number of carbonyl (C=O) groups is 1. The molecular formula is C11H16N2O3. The summed E-state index contributed by atoms with van der Waals surface area (Å²) in [6.07, 6.45) is 0. The number of aliphatic hydroxyl groups excluding tert-OH is 1. The van der Waals surface area contributed by atoms with E-state index in [1.165, 1.54) is 7.11 Å². The number of rotatable bonds is 4. The van der Waals surface area contributed by atoms with E-state index in [4.69, 9.17) is 15.6 Å². The minimum absolute atomic E-state index is 0.115. The number of hydrogen-bond acceptors (Lipinski definition) is 4. The third-order valence-corrected chi connectivity index (χ3v) is 2.16. The fourth-order valence-corrected chi connectivity index (χ4v) is 1.21. The Bertz CT molecular complexity index is 379. The van der Waals surface area contributed by atoms with Gasteiger partial charge in [-0.3, -0.25) is 4.79 Å². The van der Waals surface area contributed by atoms with Crippen LogP contribution in [0.25, 0.3) is 0 Å². The summed E-state index contributed by atoms with van der Waals surface area (Å²) in [5, 5.41) is 11.4. The van der Waals surface area contributed by atoms with Crippen molar-refractivity contribution in [1.29, 1.82) is 0 Å². The van der Waals surface area contributed by atoms with Gasteiger partial charge in [0, 0.05) is 11.7 Å². The summed E-state index contributed by atoms with van der Waals surface area (Å²) >= 11 is 0. The molecule has 1 atom stereocenters. The molecule has 0 aromatic heterocycles. The van der Waals surface area contributed by atoms with Crippen LogP contribution in [0.5, 0.6) is 5.75 Å². The second-order valence-electron chi connectivity index (χ2n) is 3.51. The molecular weight excluding hydrogens is 208 g/mol. The summed E-state index contributed by atoms with van der Waals surface area (Å²) in [5.74, 6) is 0.244. The maximum atomic E-state index is 11.7. The van der Waals surface area contributed by atoms with E-state index in [-0.39, 0.29) is 18.6 Å². The lowest BCUT2D eigenvalue weighted by molar-refractivity contribution is 0.0923. The summed E-state index contributed by atoms with van der Waals surface area (Å²) in [4.78, 5) is 11.7. The summed E-state index contributed by atoms with van der Waals surface area (Å²) in [6, 6.07) is 4.55. The smallest absolute Gasteiger partial charge is 0.253 e. The molecule has 0 aliphatic rings. The van der Waals surface area contributed by atoms with Crippen LogP contribution in [0.1, 0.15) is 17.3 Å². The van der Waals surface area contributed by atoms with Crippen LogP contribution in [0.15, 0.2) is 18.2 Å². The molecule has 0 aliphatic carbocycles. The van der Waals surface area contributed by atoms with Crippen molar-refractivity contribution in [2.75, 3.05) is 19.5 Å². The largest absolute Gasteiger partial charge is 0.497 e. The number of benzene rings is 1. The van der Waals surface area contributed by atoms with Crippen molar-refractivity contribution in [2.24, 2.45) is 0 Å². The number of ether oxygens (including phenoxy) is 1. The average molecular weight is 224 g/mol. The highest BCUT2D eigenvalue weighted by molar-refractivity contribution is 5.99. The molecule has 0 heterocycles. The average Bonchev–Trinajstić information content (AvgIpc) is 2.29. The molecule has 0 spiro atoms. The number of carbonyl (C=O) groups excluding carboxylic acids is 1. The number of anilines is 1. The predicted octanol–water partition coefficient (Wildman–Crippen LogP) is 0.388. The zero-order valence-corrected chi connectivity index (χ0v) is 9.36. The minimum Gasteiger partial charge on any atom is -0.497 e. The van der Waals surface area contributed by atoms with Gasteiger partial charge in [-0.05, 0) is 25.1 Å². The Morgan fingerprint density at radius 1 is 1.62 bits per heavy atom. The molecule has 1 unspecified atom stereocenters. The Balaban J connectivity index is 2.89. The van der Waals surface area contributed by atoms with E-state index in [0.29, 0.717) is 17.0 Å². The number of amides is 1. The van der Waals surface area contributed by atoms with Crippen molar-refractivity contribution in [3.8, 4) is 5.75 Å². The van der Waals surface area contributed by atoms with Crippen LogP contribution < -0.4 is 15.8 Å². The van der Waals surface area contributed by atoms with Crippen LogP contribution in [-0.2, 0) is 0 Å². The Morgan fingerprint density at radius 2 is 2.31 bits per heavy atom. The highest BCUT2D eigenvalue weighted by atomic mass is 16.5. The summed E-state index contributed by atoms with van der Waals surface area (Å²) in [6.45, 7) is 1.59. The maximum Gasteiger partial charge on any atom is 0.253 e. The van der Waals surface area contributed by atoms with Gasteiger partial charge in [0.2, 0.25) is 0 Å². The van der Waals surface area contributed by atoms with Gasteiger partial charge in [-0.1, -0.05) is 0 Å². The van der Waals surface area contributed by atoms with Crippen LogP contribution in [-0.4, -0.2) is 30.8 Å². The van der Waals surface area contributed by atoms with E-state index in [0.717, 1.165) is 0 Å². The van der Waals surface area contributed by atoms with Gasteiger partial charge >= 0.3 is 0 Å². The number of aliphatic hydroxyl groups is 1. The molecule has 0 radical (unpaired) electrons. The van der Waals surface area contributed by atoms with Gasteiger partial charge in [-0.25, -0.2) is 0 Å². The van der Waals surface area contributed by atoms with Gasteiger partial charge in [0.1, 0.15) is 5.75 Å². The number of hydrogen-bond donors (Lipinski definition) is 3. The zero-order chi connectivity index (χ0) is 12.1. The molecule has 0 saturated carbocycles. The molecule has 4 N–H and O–H groups in total. The van der Waals surface area contributed by atoms with Crippen LogP contribution in [0.2, 0.25) is 0 Å². The lowest BCUT2D eigenvalue weighted by Gasteiger charge is -2.12. The van der Waals surface area contributed by atoms with Gasteiger partial charge in [0.05, 0.1) is 19.3 Å². The third-order valence-electron chi connectivity index (χ3n) is 2.16. The summed E-state index contributed by atoms with van der Waals surface area (Å²) in [5.41, 5.74) is 6.41. The van der Waals surface area contributed by atoms with E-state index in [9.17, 15) is 4.79 Å². The fourth-order valence-electron chi connectivity index (χ4n) is 1.21. The highest BCUT2D eigenvalue weighted by Gasteiger charge is 2.12. The molecule has 0 saturated heterocycles. The number of nitrogens with one attached hydrogen (secondary N) is 1. The Hall–Kier alpha value is -1.75. The second-order valence-corrected chi connectivity index (χ2v) is 3.51. The topological polar surface area (TPSA) is 84.6 Å². The van der Waals surface area contributed by atoms with Crippen molar-refractivity contribution >= 4 is 11.6 Å².